The molecule has 4 nitrogen and oxygen atoms in total. The van der Waals surface area contributed by atoms with Gasteiger partial charge in [-0.25, -0.2) is 0 Å². The average Bonchev–Trinajstić information content (AvgIpc) is 2.71. The molecule has 0 unspecified atom stereocenters. The Morgan fingerprint density at radius 3 is 1.83 bits per heavy atom. The molecule has 29 heavy (non-hydrogen) atoms. The van der Waals surface area contributed by atoms with Gasteiger partial charge < -0.3 is 15.5 Å². The topological polar surface area (TPSA) is 69.6 Å². The number of phenolic OH excluding ortho intramolecular Hbond substituents is 2. The summed E-state index contributed by atoms with van der Waals surface area (Å²) in [5.74, 6) is -0.480. The fourth-order valence-electron chi connectivity index (χ4n) is 3.41. The number of hydrogen-bond acceptors (Lipinski definition) is 3. The highest BCUT2D eigenvalue weighted by Gasteiger charge is 2.00. The van der Waals surface area contributed by atoms with Crippen molar-refractivity contribution in [2.24, 2.45) is 0 Å². The standard InChI is InChI=1S/C25H41NO3/c1-2-3-4-5-6-7-8-9-10-11-12-13-14-15-20-26-25(29)19-17-22-16-18-23(27)24(28)21-22/h16-19,21,27-28H,2-15,20H2,1H3,(H,26,29)/b19-17+. The summed E-state index contributed by atoms with van der Waals surface area (Å²) in [6, 6.07) is 4.47. The third-order valence-electron chi connectivity index (χ3n) is 5.26. The molecule has 0 heterocycles. The van der Waals surface area contributed by atoms with Crippen LogP contribution in [0.15, 0.2) is 24.3 Å². The van der Waals surface area contributed by atoms with Gasteiger partial charge in [0.2, 0.25) is 5.91 Å². The number of aromatic hydroxyl groups is 2. The summed E-state index contributed by atoms with van der Waals surface area (Å²) in [5.41, 5.74) is 0.673. The first-order chi connectivity index (χ1) is 14.1. The van der Waals surface area contributed by atoms with Gasteiger partial charge in [0.1, 0.15) is 0 Å². The molecule has 0 aliphatic rings. The Labute approximate surface area is 177 Å². The highest BCUT2D eigenvalue weighted by Crippen LogP contribution is 2.25. The maximum absolute atomic E-state index is 11.8. The largest absolute Gasteiger partial charge is 0.504 e. The van der Waals surface area contributed by atoms with Gasteiger partial charge in [-0.05, 0) is 30.2 Å². The van der Waals surface area contributed by atoms with Gasteiger partial charge >= 0.3 is 0 Å². The van der Waals surface area contributed by atoms with Crippen molar-refractivity contribution in [2.45, 2.75) is 96.8 Å². The fourth-order valence-corrected chi connectivity index (χ4v) is 3.41. The molecule has 0 saturated carbocycles. The molecule has 0 bridgehead atoms. The number of amides is 1. The van der Waals surface area contributed by atoms with Crippen LogP contribution in [0.25, 0.3) is 6.08 Å². The molecule has 0 fully saturated rings. The van der Waals surface area contributed by atoms with Crippen LogP contribution in [0.3, 0.4) is 0 Å². The second-order valence-corrected chi connectivity index (χ2v) is 7.97. The van der Waals surface area contributed by atoms with E-state index < -0.39 is 0 Å². The lowest BCUT2D eigenvalue weighted by Gasteiger charge is -2.04. The van der Waals surface area contributed by atoms with E-state index in [2.05, 4.69) is 12.2 Å². The van der Waals surface area contributed by atoms with Crippen molar-refractivity contribution in [3.63, 3.8) is 0 Å². The third-order valence-corrected chi connectivity index (χ3v) is 5.26. The van der Waals surface area contributed by atoms with E-state index in [0.29, 0.717) is 12.1 Å². The molecular formula is C25H41NO3. The zero-order valence-electron chi connectivity index (χ0n) is 18.3. The summed E-state index contributed by atoms with van der Waals surface area (Å²) in [5, 5.41) is 21.6. The molecule has 0 atom stereocenters. The summed E-state index contributed by atoms with van der Waals surface area (Å²) in [6.07, 6.45) is 21.7. The predicted molar refractivity (Wildman–Crippen MR) is 122 cm³/mol. The summed E-state index contributed by atoms with van der Waals surface area (Å²) < 4.78 is 0. The first kappa shape index (κ1) is 25.1. The van der Waals surface area contributed by atoms with Crippen LogP contribution in [0, 0.1) is 0 Å². The molecule has 3 N–H and O–H groups in total. The van der Waals surface area contributed by atoms with Gasteiger partial charge in [0, 0.05) is 12.6 Å². The van der Waals surface area contributed by atoms with Crippen LogP contribution < -0.4 is 5.32 Å². The van der Waals surface area contributed by atoms with E-state index in [9.17, 15) is 15.0 Å². The Balaban J connectivity index is 1.89. The van der Waals surface area contributed by atoms with E-state index >= 15 is 0 Å². The lowest BCUT2D eigenvalue weighted by atomic mass is 10.0. The number of benzene rings is 1. The number of hydrogen-bond donors (Lipinski definition) is 3. The SMILES string of the molecule is CCCCCCCCCCCCCCCCNC(=O)/C=C/c1ccc(O)c(O)c1. The van der Waals surface area contributed by atoms with E-state index in [1.54, 1.807) is 12.1 Å². The smallest absolute Gasteiger partial charge is 0.243 e. The van der Waals surface area contributed by atoms with E-state index in [1.165, 1.54) is 95.3 Å². The molecule has 4 heteroatoms. The predicted octanol–water partition coefficient (Wildman–Crippen LogP) is 6.71. The molecule has 164 valence electrons. The van der Waals surface area contributed by atoms with Crippen LogP contribution in [-0.2, 0) is 4.79 Å². The Kier molecular flexibility index (Phi) is 14.6. The molecule has 1 rings (SSSR count). The second kappa shape index (κ2) is 16.9. The number of carbonyl (C=O) groups excluding carboxylic acids is 1. The first-order valence-corrected chi connectivity index (χ1v) is 11.6. The Morgan fingerprint density at radius 1 is 0.793 bits per heavy atom. The summed E-state index contributed by atoms with van der Waals surface area (Å²) in [6.45, 7) is 2.96. The van der Waals surface area contributed by atoms with Gasteiger partial charge in [-0.2, -0.15) is 0 Å². The lowest BCUT2D eigenvalue weighted by Crippen LogP contribution is -2.21. The van der Waals surface area contributed by atoms with Gasteiger partial charge in [-0.3, -0.25) is 4.79 Å². The van der Waals surface area contributed by atoms with Crippen molar-refractivity contribution < 1.29 is 15.0 Å². The van der Waals surface area contributed by atoms with Crippen LogP contribution in [0.1, 0.15) is 102 Å². The highest BCUT2D eigenvalue weighted by molar-refractivity contribution is 5.91. The maximum atomic E-state index is 11.8. The van der Waals surface area contributed by atoms with Crippen LogP contribution in [0.2, 0.25) is 0 Å². The van der Waals surface area contributed by atoms with Crippen LogP contribution in [-0.4, -0.2) is 22.7 Å². The van der Waals surface area contributed by atoms with Crippen molar-refractivity contribution in [1.82, 2.24) is 5.32 Å². The highest BCUT2D eigenvalue weighted by atomic mass is 16.3. The van der Waals surface area contributed by atoms with Crippen molar-refractivity contribution in [3.05, 3.63) is 29.8 Å². The van der Waals surface area contributed by atoms with Gasteiger partial charge in [0.15, 0.2) is 11.5 Å². The zero-order chi connectivity index (χ0) is 21.2. The van der Waals surface area contributed by atoms with Crippen molar-refractivity contribution in [3.8, 4) is 11.5 Å². The molecule has 0 aliphatic carbocycles. The summed E-state index contributed by atoms with van der Waals surface area (Å²) in [7, 11) is 0. The van der Waals surface area contributed by atoms with E-state index in [4.69, 9.17) is 0 Å². The van der Waals surface area contributed by atoms with Crippen LogP contribution in [0.4, 0.5) is 0 Å². The molecule has 0 radical (unpaired) electrons. The summed E-state index contributed by atoms with van der Waals surface area (Å²) >= 11 is 0. The van der Waals surface area contributed by atoms with Crippen molar-refractivity contribution in [2.75, 3.05) is 6.54 Å². The van der Waals surface area contributed by atoms with E-state index in [0.717, 1.165) is 12.8 Å². The van der Waals surface area contributed by atoms with Gasteiger partial charge in [0.25, 0.3) is 0 Å². The molecule has 0 aromatic heterocycles. The molecule has 1 amide bonds. The minimum atomic E-state index is -0.185. The molecule has 0 aliphatic heterocycles. The number of rotatable bonds is 17. The maximum Gasteiger partial charge on any atom is 0.243 e. The second-order valence-electron chi connectivity index (χ2n) is 7.97. The Morgan fingerprint density at radius 2 is 1.31 bits per heavy atom. The van der Waals surface area contributed by atoms with Crippen LogP contribution >= 0.6 is 0 Å². The molecule has 1 aromatic rings. The number of phenols is 2. The molecule has 1 aromatic carbocycles. The van der Waals surface area contributed by atoms with Crippen molar-refractivity contribution in [1.29, 1.82) is 0 Å². The first-order valence-electron chi connectivity index (χ1n) is 11.6. The fraction of sp³-hybridized carbons (Fsp3) is 0.640. The minimum Gasteiger partial charge on any atom is -0.504 e. The average molecular weight is 404 g/mol. The van der Waals surface area contributed by atoms with Gasteiger partial charge in [-0.1, -0.05) is 96.5 Å². The monoisotopic (exact) mass is 403 g/mol. The molecular weight excluding hydrogens is 362 g/mol. The Bertz CT molecular complexity index is 583. The Hall–Kier alpha value is -1.97. The normalized spacial score (nSPS) is 11.2. The number of nitrogens with one attached hydrogen (secondary N) is 1. The van der Waals surface area contributed by atoms with Crippen molar-refractivity contribution >= 4 is 12.0 Å². The minimum absolute atomic E-state index is 0.132. The van der Waals surface area contributed by atoms with Gasteiger partial charge in [0.05, 0.1) is 0 Å². The van der Waals surface area contributed by atoms with Crippen LogP contribution in [0.5, 0.6) is 11.5 Å². The third kappa shape index (κ3) is 13.8. The van der Waals surface area contributed by atoms with E-state index in [-0.39, 0.29) is 17.4 Å². The number of carbonyl (C=O) groups is 1. The van der Waals surface area contributed by atoms with Gasteiger partial charge in [-0.15, -0.1) is 0 Å². The molecule has 0 saturated heterocycles. The zero-order valence-corrected chi connectivity index (χ0v) is 18.3. The molecule has 0 spiro atoms. The van der Waals surface area contributed by atoms with E-state index in [1.807, 2.05) is 0 Å². The number of unbranched alkanes of at least 4 members (excludes halogenated alkanes) is 13. The summed E-state index contributed by atoms with van der Waals surface area (Å²) in [4.78, 5) is 11.8. The lowest BCUT2D eigenvalue weighted by molar-refractivity contribution is -0.116. The quantitative estimate of drug-likeness (QED) is 0.154.